The summed E-state index contributed by atoms with van der Waals surface area (Å²) in [6, 6.07) is 7.60. The summed E-state index contributed by atoms with van der Waals surface area (Å²) in [5.74, 6) is 0. The second kappa shape index (κ2) is 3.27. The molecule has 0 aliphatic rings. The second-order valence-corrected chi connectivity index (χ2v) is 3.37. The van der Waals surface area contributed by atoms with Gasteiger partial charge in [-0.15, -0.1) is 0 Å². The normalized spacial score (nSPS) is 10.7. The van der Waals surface area contributed by atoms with Crippen LogP contribution in [0.25, 0.3) is 5.52 Å². The van der Waals surface area contributed by atoms with Crippen molar-refractivity contribution in [2.24, 2.45) is 5.73 Å². The number of nitrogens with two attached hydrogens (primary N) is 1. The molecule has 2 heterocycles. The molecule has 2 aromatic rings. The van der Waals surface area contributed by atoms with Crippen molar-refractivity contribution >= 4 is 5.52 Å². The highest BCUT2D eigenvalue weighted by atomic mass is 16.1. The molecule has 0 amide bonds. The van der Waals surface area contributed by atoms with E-state index in [-0.39, 0.29) is 12.1 Å². The van der Waals surface area contributed by atoms with E-state index < -0.39 is 0 Å². The number of nitrogens with zero attached hydrogens (tertiary/aromatic N) is 1. The van der Waals surface area contributed by atoms with Crippen molar-refractivity contribution in [3.63, 3.8) is 0 Å². The Morgan fingerprint density at radius 2 is 2.00 bits per heavy atom. The average molecular weight is 188 g/mol. The van der Waals surface area contributed by atoms with Gasteiger partial charge in [-0.2, -0.15) is 0 Å². The molecular weight excluding hydrogens is 176 g/mol. The zero-order chi connectivity index (χ0) is 10.1. The van der Waals surface area contributed by atoms with Crippen LogP contribution in [0.1, 0.15) is 11.1 Å². The molecule has 2 N–H and O–H groups in total. The van der Waals surface area contributed by atoms with E-state index in [1.165, 1.54) is 0 Å². The summed E-state index contributed by atoms with van der Waals surface area (Å²) < 4.78 is 1.64. The Hall–Kier alpha value is -1.61. The molecular formula is C11H12N2O. The monoisotopic (exact) mass is 188 g/mol. The fourth-order valence-corrected chi connectivity index (χ4v) is 1.50. The maximum Gasteiger partial charge on any atom is 0.259 e. The molecule has 0 saturated heterocycles. The van der Waals surface area contributed by atoms with Crippen molar-refractivity contribution in [3.05, 3.63) is 51.9 Å². The van der Waals surface area contributed by atoms with Crippen molar-refractivity contribution in [1.29, 1.82) is 0 Å². The van der Waals surface area contributed by atoms with Crippen molar-refractivity contribution in [1.82, 2.24) is 4.40 Å². The average Bonchev–Trinajstić information content (AvgIpc) is 2.20. The minimum Gasteiger partial charge on any atom is -0.326 e. The van der Waals surface area contributed by atoms with Gasteiger partial charge in [0, 0.05) is 23.8 Å². The number of aromatic nitrogens is 1. The van der Waals surface area contributed by atoms with Gasteiger partial charge in [0.25, 0.3) is 5.56 Å². The summed E-state index contributed by atoms with van der Waals surface area (Å²) in [6.07, 6.45) is 1.83. The molecule has 2 aromatic heterocycles. The molecule has 0 fully saturated rings. The summed E-state index contributed by atoms with van der Waals surface area (Å²) in [7, 11) is 0. The number of hydrogen-bond donors (Lipinski definition) is 1. The van der Waals surface area contributed by atoms with E-state index in [0.717, 1.165) is 11.1 Å². The van der Waals surface area contributed by atoms with Gasteiger partial charge in [-0.25, -0.2) is 0 Å². The Balaban J connectivity index is 2.87. The van der Waals surface area contributed by atoms with E-state index in [9.17, 15) is 4.79 Å². The van der Waals surface area contributed by atoms with Crippen LogP contribution in [-0.4, -0.2) is 4.40 Å². The first-order chi connectivity index (χ1) is 6.72. The fraction of sp³-hybridized carbons (Fsp3) is 0.182. The third kappa shape index (κ3) is 1.32. The number of aryl methyl sites for hydroxylation is 1. The third-order valence-corrected chi connectivity index (χ3v) is 2.30. The van der Waals surface area contributed by atoms with Crippen molar-refractivity contribution in [3.8, 4) is 0 Å². The molecule has 14 heavy (non-hydrogen) atoms. The quantitative estimate of drug-likeness (QED) is 0.727. The Kier molecular flexibility index (Phi) is 2.09. The fourth-order valence-electron chi connectivity index (χ4n) is 1.50. The smallest absolute Gasteiger partial charge is 0.259 e. The van der Waals surface area contributed by atoms with Crippen LogP contribution < -0.4 is 11.3 Å². The lowest BCUT2D eigenvalue weighted by molar-refractivity contribution is 0.975. The third-order valence-electron chi connectivity index (χ3n) is 2.30. The molecule has 3 nitrogen and oxygen atoms in total. The van der Waals surface area contributed by atoms with E-state index in [0.29, 0.717) is 5.56 Å². The highest BCUT2D eigenvalue weighted by Crippen LogP contribution is 2.04. The van der Waals surface area contributed by atoms with Gasteiger partial charge in [0.15, 0.2) is 0 Å². The van der Waals surface area contributed by atoms with E-state index in [1.54, 1.807) is 10.5 Å². The van der Waals surface area contributed by atoms with Gasteiger partial charge >= 0.3 is 0 Å². The van der Waals surface area contributed by atoms with Gasteiger partial charge in [-0.3, -0.25) is 9.20 Å². The first-order valence-electron chi connectivity index (χ1n) is 4.53. The standard InChI is InChI=1S/C11H12N2O/c1-8-2-4-10-5-3-9(6-12)11(14)13(10)7-8/h2-5,7H,6,12H2,1H3. The molecule has 0 bridgehead atoms. The molecule has 0 aliphatic carbocycles. The van der Waals surface area contributed by atoms with Gasteiger partial charge in [0.2, 0.25) is 0 Å². The van der Waals surface area contributed by atoms with Crippen LogP contribution in [0.4, 0.5) is 0 Å². The minimum atomic E-state index is -0.0197. The van der Waals surface area contributed by atoms with Crippen LogP contribution in [0.3, 0.4) is 0 Å². The summed E-state index contributed by atoms with van der Waals surface area (Å²) in [5, 5.41) is 0. The highest BCUT2D eigenvalue weighted by molar-refractivity contribution is 5.48. The summed E-state index contributed by atoms with van der Waals surface area (Å²) >= 11 is 0. The molecule has 3 heteroatoms. The zero-order valence-corrected chi connectivity index (χ0v) is 8.03. The topological polar surface area (TPSA) is 47.5 Å². The lowest BCUT2D eigenvalue weighted by atomic mass is 10.2. The van der Waals surface area contributed by atoms with Crippen LogP contribution in [0, 0.1) is 6.92 Å². The van der Waals surface area contributed by atoms with Gasteiger partial charge < -0.3 is 5.73 Å². The Labute approximate surface area is 81.8 Å². The van der Waals surface area contributed by atoms with Crippen LogP contribution >= 0.6 is 0 Å². The molecule has 72 valence electrons. The first kappa shape index (κ1) is 8.97. The minimum absolute atomic E-state index is 0.0197. The molecule has 2 rings (SSSR count). The summed E-state index contributed by atoms with van der Waals surface area (Å²) in [4.78, 5) is 11.8. The number of pyridine rings is 2. The van der Waals surface area contributed by atoms with E-state index in [1.807, 2.05) is 31.3 Å². The van der Waals surface area contributed by atoms with E-state index in [2.05, 4.69) is 0 Å². The molecule has 0 spiro atoms. The van der Waals surface area contributed by atoms with Gasteiger partial charge in [-0.1, -0.05) is 12.1 Å². The van der Waals surface area contributed by atoms with E-state index in [4.69, 9.17) is 5.73 Å². The maximum atomic E-state index is 11.8. The molecule has 0 unspecified atom stereocenters. The van der Waals surface area contributed by atoms with Gasteiger partial charge in [0.05, 0.1) is 0 Å². The van der Waals surface area contributed by atoms with Crippen molar-refractivity contribution in [2.75, 3.05) is 0 Å². The Bertz CT molecular complexity index is 528. The van der Waals surface area contributed by atoms with Crippen LogP contribution in [0.15, 0.2) is 35.3 Å². The number of hydrogen-bond acceptors (Lipinski definition) is 2. The number of rotatable bonds is 1. The Morgan fingerprint density at radius 1 is 1.29 bits per heavy atom. The molecule has 0 atom stereocenters. The first-order valence-corrected chi connectivity index (χ1v) is 4.53. The SMILES string of the molecule is Cc1ccc2ccc(CN)c(=O)n2c1. The maximum absolute atomic E-state index is 11.8. The van der Waals surface area contributed by atoms with Crippen LogP contribution in [0.5, 0.6) is 0 Å². The molecule has 0 aliphatic heterocycles. The Morgan fingerprint density at radius 3 is 2.71 bits per heavy atom. The molecule has 0 saturated carbocycles. The van der Waals surface area contributed by atoms with Gasteiger partial charge in [-0.05, 0) is 24.6 Å². The largest absolute Gasteiger partial charge is 0.326 e. The lowest BCUT2D eigenvalue weighted by Crippen LogP contribution is -2.20. The number of fused-ring (bicyclic) bond motifs is 1. The van der Waals surface area contributed by atoms with Crippen LogP contribution in [-0.2, 0) is 6.54 Å². The summed E-state index contributed by atoms with van der Waals surface area (Å²) in [5.41, 5.74) is 8.06. The predicted molar refractivity (Wildman–Crippen MR) is 56.3 cm³/mol. The molecule has 0 aromatic carbocycles. The van der Waals surface area contributed by atoms with E-state index >= 15 is 0 Å². The second-order valence-electron chi connectivity index (χ2n) is 3.37. The highest BCUT2D eigenvalue weighted by Gasteiger charge is 2.00. The lowest BCUT2D eigenvalue weighted by Gasteiger charge is -2.03. The van der Waals surface area contributed by atoms with Gasteiger partial charge in [0.1, 0.15) is 0 Å². The summed E-state index contributed by atoms with van der Waals surface area (Å²) in [6.45, 7) is 2.25. The van der Waals surface area contributed by atoms with Crippen LogP contribution in [0.2, 0.25) is 0 Å². The van der Waals surface area contributed by atoms with Crippen molar-refractivity contribution in [2.45, 2.75) is 13.5 Å². The van der Waals surface area contributed by atoms with Crippen molar-refractivity contribution < 1.29 is 0 Å². The predicted octanol–water partition coefficient (Wildman–Crippen LogP) is 1.07. The molecule has 0 radical (unpaired) electrons. The zero-order valence-electron chi connectivity index (χ0n) is 8.03.